The van der Waals surface area contributed by atoms with Crippen molar-refractivity contribution in [2.75, 3.05) is 4.72 Å². The summed E-state index contributed by atoms with van der Waals surface area (Å²) in [6, 6.07) is 8.28. The molecule has 0 unspecified atom stereocenters. The highest BCUT2D eigenvalue weighted by molar-refractivity contribution is 14.1. The largest absolute Gasteiger partial charge is 0.278 e. The van der Waals surface area contributed by atoms with Gasteiger partial charge >= 0.3 is 0 Å². The maximum absolute atomic E-state index is 13.0. The van der Waals surface area contributed by atoms with E-state index < -0.39 is 15.8 Å². The minimum atomic E-state index is -3.85. The Balaban J connectivity index is 2.41. The molecular formula is C12H7BrClFINO2S. The fourth-order valence-corrected chi connectivity index (χ4v) is 4.55. The molecule has 0 heterocycles. The highest BCUT2D eigenvalue weighted by atomic mass is 127. The molecule has 20 heavy (non-hydrogen) atoms. The second-order valence-corrected chi connectivity index (χ2v) is 7.96. The van der Waals surface area contributed by atoms with E-state index in [0.29, 0.717) is 5.02 Å². The Bertz CT molecular complexity index is 770. The molecule has 2 aromatic rings. The quantitative estimate of drug-likeness (QED) is 0.637. The summed E-state index contributed by atoms with van der Waals surface area (Å²) in [4.78, 5) is -0.0616. The molecule has 2 rings (SSSR count). The summed E-state index contributed by atoms with van der Waals surface area (Å²) in [5, 5.41) is 0.290. The van der Waals surface area contributed by atoms with E-state index in [0.717, 1.165) is 15.7 Å². The van der Waals surface area contributed by atoms with Crippen LogP contribution in [0, 0.1) is 9.39 Å². The summed E-state index contributed by atoms with van der Waals surface area (Å²) >= 11 is 11.1. The van der Waals surface area contributed by atoms with Crippen molar-refractivity contribution in [3.8, 4) is 0 Å². The molecule has 1 N–H and O–H groups in total. The van der Waals surface area contributed by atoms with Crippen LogP contribution in [0.1, 0.15) is 0 Å². The number of nitrogens with one attached hydrogen (secondary N) is 1. The van der Waals surface area contributed by atoms with Crippen LogP contribution < -0.4 is 4.72 Å². The van der Waals surface area contributed by atoms with E-state index in [9.17, 15) is 12.8 Å². The molecule has 0 saturated heterocycles. The van der Waals surface area contributed by atoms with Crippen LogP contribution >= 0.6 is 50.1 Å². The van der Waals surface area contributed by atoms with Crippen LogP contribution in [0.5, 0.6) is 0 Å². The average Bonchev–Trinajstić information content (AvgIpc) is 2.32. The van der Waals surface area contributed by atoms with Gasteiger partial charge < -0.3 is 0 Å². The van der Waals surface area contributed by atoms with Gasteiger partial charge in [-0.1, -0.05) is 11.6 Å². The first-order valence-electron chi connectivity index (χ1n) is 5.22. The van der Waals surface area contributed by atoms with E-state index in [-0.39, 0.29) is 15.1 Å². The molecule has 0 bridgehead atoms. The summed E-state index contributed by atoms with van der Waals surface area (Å²) in [5.74, 6) is -0.525. The van der Waals surface area contributed by atoms with E-state index in [1.807, 2.05) is 0 Å². The van der Waals surface area contributed by atoms with E-state index in [1.54, 1.807) is 18.2 Å². The van der Waals surface area contributed by atoms with Gasteiger partial charge in [0.25, 0.3) is 10.0 Å². The van der Waals surface area contributed by atoms with Gasteiger partial charge in [-0.05, 0) is 74.9 Å². The molecule has 0 aromatic heterocycles. The Morgan fingerprint density at radius 2 is 1.90 bits per heavy atom. The Morgan fingerprint density at radius 1 is 1.20 bits per heavy atom. The lowest BCUT2D eigenvalue weighted by Gasteiger charge is -2.11. The zero-order valence-electron chi connectivity index (χ0n) is 9.70. The van der Waals surface area contributed by atoms with Gasteiger partial charge in [-0.2, -0.15) is 0 Å². The van der Waals surface area contributed by atoms with Crippen molar-refractivity contribution in [2.45, 2.75) is 4.90 Å². The first kappa shape index (κ1) is 16.0. The maximum atomic E-state index is 13.0. The topological polar surface area (TPSA) is 46.2 Å². The van der Waals surface area contributed by atoms with Gasteiger partial charge in [0.05, 0.1) is 10.7 Å². The first-order chi connectivity index (χ1) is 9.29. The van der Waals surface area contributed by atoms with Gasteiger partial charge in [0.2, 0.25) is 0 Å². The van der Waals surface area contributed by atoms with Crippen LogP contribution in [-0.4, -0.2) is 8.42 Å². The Hall–Kier alpha value is -0.380. The van der Waals surface area contributed by atoms with Crippen molar-refractivity contribution in [1.29, 1.82) is 0 Å². The molecule has 0 saturated carbocycles. The first-order valence-corrected chi connectivity index (χ1v) is 8.96. The number of rotatable bonds is 3. The fourth-order valence-electron chi connectivity index (χ4n) is 1.47. The predicted molar refractivity (Wildman–Crippen MR) is 89.1 cm³/mol. The molecule has 8 heteroatoms. The number of benzene rings is 2. The summed E-state index contributed by atoms with van der Waals surface area (Å²) in [6.45, 7) is 0. The number of sulfonamides is 1. The normalized spacial score (nSPS) is 11.4. The Labute approximate surface area is 142 Å². The number of anilines is 1. The van der Waals surface area contributed by atoms with E-state index in [1.165, 1.54) is 6.07 Å². The molecule has 0 aliphatic rings. The zero-order valence-corrected chi connectivity index (χ0v) is 15.0. The van der Waals surface area contributed by atoms with Crippen molar-refractivity contribution in [2.24, 2.45) is 0 Å². The monoisotopic (exact) mass is 489 g/mol. The molecule has 0 radical (unpaired) electrons. The van der Waals surface area contributed by atoms with E-state index in [4.69, 9.17) is 11.6 Å². The van der Waals surface area contributed by atoms with Crippen molar-refractivity contribution in [1.82, 2.24) is 0 Å². The van der Waals surface area contributed by atoms with Crippen LogP contribution in [0.15, 0.2) is 45.8 Å². The third kappa shape index (κ3) is 3.63. The molecule has 0 aliphatic heterocycles. The average molecular weight is 491 g/mol. The smallest absolute Gasteiger partial charge is 0.263 e. The van der Waals surface area contributed by atoms with Crippen molar-refractivity contribution < 1.29 is 12.8 Å². The third-order valence-electron chi connectivity index (χ3n) is 2.36. The van der Waals surface area contributed by atoms with Crippen LogP contribution in [0.2, 0.25) is 5.02 Å². The van der Waals surface area contributed by atoms with Gasteiger partial charge in [-0.25, -0.2) is 12.8 Å². The highest BCUT2D eigenvalue weighted by Gasteiger charge is 2.19. The maximum Gasteiger partial charge on any atom is 0.263 e. The third-order valence-corrected chi connectivity index (χ3v) is 5.68. The van der Waals surface area contributed by atoms with Crippen molar-refractivity contribution >= 4 is 65.8 Å². The number of halogens is 4. The van der Waals surface area contributed by atoms with Crippen LogP contribution in [0.25, 0.3) is 0 Å². The lowest BCUT2D eigenvalue weighted by Crippen LogP contribution is -2.14. The molecule has 0 atom stereocenters. The fraction of sp³-hybridized carbons (Fsp3) is 0. The number of hydrogen-bond donors (Lipinski definition) is 1. The van der Waals surface area contributed by atoms with Crippen molar-refractivity contribution in [3.05, 3.63) is 55.3 Å². The lowest BCUT2D eigenvalue weighted by atomic mass is 10.3. The molecule has 0 spiro atoms. The van der Waals surface area contributed by atoms with E-state index >= 15 is 0 Å². The summed E-state index contributed by atoms with van der Waals surface area (Å²) < 4.78 is 40.9. The second kappa shape index (κ2) is 6.17. The van der Waals surface area contributed by atoms with Gasteiger partial charge in [0.1, 0.15) is 10.7 Å². The lowest BCUT2D eigenvalue weighted by molar-refractivity contribution is 0.599. The summed E-state index contributed by atoms with van der Waals surface area (Å²) in [5.41, 5.74) is 0.267. The Kier molecular flexibility index (Phi) is 4.93. The predicted octanol–water partition coefficient (Wildman–Crippen LogP) is 4.65. The molecule has 2 aromatic carbocycles. The molecule has 106 valence electrons. The minimum absolute atomic E-state index is 0.0616. The standard InChI is InChI=1S/C12H7BrClFINO2S/c13-9-5-7(15)1-4-12(9)20(18,19)17-11-3-2-8(16)6-10(11)14/h1-6,17H. The molecule has 3 nitrogen and oxygen atoms in total. The van der Waals surface area contributed by atoms with Crippen molar-refractivity contribution in [3.63, 3.8) is 0 Å². The van der Waals surface area contributed by atoms with Gasteiger partial charge in [-0.15, -0.1) is 0 Å². The van der Waals surface area contributed by atoms with Gasteiger partial charge in [0.15, 0.2) is 0 Å². The Morgan fingerprint density at radius 3 is 2.50 bits per heavy atom. The zero-order chi connectivity index (χ0) is 14.9. The molecule has 0 aliphatic carbocycles. The highest BCUT2D eigenvalue weighted by Crippen LogP contribution is 2.29. The van der Waals surface area contributed by atoms with Gasteiger partial charge in [-0.3, -0.25) is 4.72 Å². The van der Waals surface area contributed by atoms with Gasteiger partial charge in [0, 0.05) is 8.04 Å². The van der Waals surface area contributed by atoms with Crippen LogP contribution in [-0.2, 0) is 10.0 Å². The number of hydrogen-bond acceptors (Lipinski definition) is 2. The van der Waals surface area contributed by atoms with E-state index in [2.05, 4.69) is 43.2 Å². The molecule has 0 amide bonds. The molecule has 0 fully saturated rings. The second-order valence-electron chi connectivity index (χ2n) is 3.80. The minimum Gasteiger partial charge on any atom is -0.278 e. The summed E-state index contributed by atoms with van der Waals surface area (Å²) in [7, 11) is -3.85. The summed E-state index contributed by atoms with van der Waals surface area (Å²) in [6.07, 6.45) is 0. The van der Waals surface area contributed by atoms with Crippen LogP contribution in [0.4, 0.5) is 10.1 Å². The van der Waals surface area contributed by atoms with Crippen LogP contribution in [0.3, 0.4) is 0 Å². The molecular weight excluding hydrogens is 483 g/mol. The SMILES string of the molecule is O=S(=O)(Nc1ccc(I)cc1Cl)c1ccc(F)cc1Br.